The first kappa shape index (κ1) is 11.9. The van der Waals surface area contributed by atoms with E-state index in [1.54, 1.807) is 6.21 Å². The highest BCUT2D eigenvalue weighted by Gasteiger charge is 1.99. The average Bonchev–Trinajstić information content (AvgIpc) is 2.97. The Morgan fingerprint density at radius 3 is 3.11 bits per heavy atom. The summed E-state index contributed by atoms with van der Waals surface area (Å²) in [5, 5.41) is 6.96. The third kappa shape index (κ3) is 2.48. The van der Waals surface area contributed by atoms with Crippen LogP contribution in [0.5, 0.6) is 0 Å². The van der Waals surface area contributed by atoms with E-state index in [4.69, 9.17) is 0 Å². The lowest BCUT2D eigenvalue weighted by Crippen LogP contribution is -1.90. The van der Waals surface area contributed by atoms with Crippen LogP contribution in [0.2, 0.25) is 0 Å². The number of hydrogen-bond acceptors (Lipinski definition) is 5. The van der Waals surface area contributed by atoms with E-state index in [1.165, 1.54) is 11.3 Å². The van der Waals surface area contributed by atoms with E-state index in [0.29, 0.717) is 0 Å². The molecule has 0 atom stereocenters. The van der Waals surface area contributed by atoms with Crippen LogP contribution in [0, 0.1) is 6.92 Å². The number of thiazole rings is 1. The van der Waals surface area contributed by atoms with Crippen molar-refractivity contribution in [2.24, 2.45) is 12.1 Å². The van der Waals surface area contributed by atoms with E-state index < -0.39 is 0 Å². The number of nitrogens with zero attached hydrogens (tertiary/aromatic N) is 4. The molecule has 0 fully saturated rings. The molecule has 2 heterocycles. The second-order valence-corrected chi connectivity index (χ2v) is 5.13. The van der Waals surface area contributed by atoms with Crippen LogP contribution in [-0.2, 0) is 7.05 Å². The summed E-state index contributed by atoms with van der Waals surface area (Å²) in [5.41, 5.74) is 7.00. The molecule has 5 nitrogen and oxygen atoms in total. The van der Waals surface area contributed by atoms with Crippen LogP contribution in [0.25, 0.3) is 11.0 Å². The second kappa shape index (κ2) is 4.81. The first-order valence-electron chi connectivity index (χ1n) is 5.85. The Kier molecular flexibility index (Phi) is 3.00. The number of imidazole rings is 1. The number of aromatic nitrogens is 3. The zero-order valence-electron chi connectivity index (χ0n) is 10.7. The van der Waals surface area contributed by atoms with Crippen molar-refractivity contribution < 1.29 is 0 Å². The predicted molar refractivity (Wildman–Crippen MR) is 78.8 cm³/mol. The van der Waals surface area contributed by atoms with Crippen molar-refractivity contribution in [1.29, 1.82) is 0 Å². The van der Waals surface area contributed by atoms with Gasteiger partial charge in [-0.25, -0.2) is 9.97 Å². The Labute approximate surface area is 114 Å². The maximum absolute atomic E-state index is 4.32. The SMILES string of the molecule is Cc1csc(NN=Cc2ccc3c(c2)ncn3C)n1. The highest BCUT2D eigenvalue weighted by molar-refractivity contribution is 7.13. The molecule has 6 heteroatoms. The zero-order valence-corrected chi connectivity index (χ0v) is 11.5. The molecule has 0 bridgehead atoms. The zero-order chi connectivity index (χ0) is 13.2. The molecular weight excluding hydrogens is 258 g/mol. The van der Waals surface area contributed by atoms with Crippen molar-refractivity contribution in [1.82, 2.24) is 14.5 Å². The molecule has 0 saturated heterocycles. The lowest BCUT2D eigenvalue weighted by molar-refractivity contribution is 0.947. The van der Waals surface area contributed by atoms with Gasteiger partial charge in [0.15, 0.2) is 0 Å². The topological polar surface area (TPSA) is 55.1 Å². The third-order valence-electron chi connectivity index (χ3n) is 2.74. The predicted octanol–water partition coefficient (Wildman–Crippen LogP) is 2.78. The number of anilines is 1. The minimum atomic E-state index is 0.799. The first-order valence-corrected chi connectivity index (χ1v) is 6.72. The van der Waals surface area contributed by atoms with Gasteiger partial charge in [-0.2, -0.15) is 5.10 Å². The molecule has 0 amide bonds. The number of hydrazone groups is 1. The molecule has 96 valence electrons. The van der Waals surface area contributed by atoms with Crippen LogP contribution in [0.1, 0.15) is 11.3 Å². The summed E-state index contributed by atoms with van der Waals surface area (Å²) in [7, 11) is 1.98. The molecular formula is C13H13N5S. The van der Waals surface area contributed by atoms with E-state index in [9.17, 15) is 0 Å². The average molecular weight is 271 g/mol. The minimum absolute atomic E-state index is 0.799. The summed E-state index contributed by atoms with van der Waals surface area (Å²) in [4.78, 5) is 8.59. The normalized spacial score (nSPS) is 11.5. The van der Waals surface area contributed by atoms with Gasteiger partial charge in [0.05, 0.1) is 29.3 Å². The number of aryl methyl sites for hydroxylation is 2. The Balaban J connectivity index is 1.77. The van der Waals surface area contributed by atoms with E-state index in [0.717, 1.165) is 27.4 Å². The Morgan fingerprint density at radius 2 is 2.32 bits per heavy atom. The fraction of sp³-hybridized carbons (Fsp3) is 0.154. The molecule has 0 saturated carbocycles. The summed E-state index contributed by atoms with van der Waals surface area (Å²) >= 11 is 1.54. The maximum Gasteiger partial charge on any atom is 0.203 e. The molecule has 1 N–H and O–H groups in total. The molecule has 2 aromatic heterocycles. The van der Waals surface area contributed by atoms with E-state index in [1.807, 2.05) is 48.4 Å². The molecule has 3 rings (SSSR count). The number of hydrogen-bond donors (Lipinski definition) is 1. The second-order valence-electron chi connectivity index (χ2n) is 4.27. The van der Waals surface area contributed by atoms with Crippen LogP contribution in [0.4, 0.5) is 5.13 Å². The molecule has 3 aromatic rings. The van der Waals surface area contributed by atoms with Crippen LogP contribution in [0.15, 0.2) is 35.0 Å². The van der Waals surface area contributed by atoms with Gasteiger partial charge in [-0.3, -0.25) is 5.43 Å². The van der Waals surface area contributed by atoms with Gasteiger partial charge in [-0.05, 0) is 24.6 Å². The van der Waals surface area contributed by atoms with Crippen molar-refractivity contribution >= 4 is 33.7 Å². The molecule has 0 aliphatic rings. The van der Waals surface area contributed by atoms with E-state index >= 15 is 0 Å². The fourth-order valence-electron chi connectivity index (χ4n) is 1.80. The van der Waals surface area contributed by atoms with Crippen LogP contribution < -0.4 is 5.43 Å². The fourth-order valence-corrected chi connectivity index (χ4v) is 2.44. The van der Waals surface area contributed by atoms with Crippen LogP contribution in [-0.4, -0.2) is 20.7 Å². The standard InChI is InChI=1S/C13H13N5S/c1-9-7-19-13(16-9)17-15-6-10-3-4-12-11(5-10)14-8-18(12)2/h3-8H,1-2H3,(H,16,17). The summed E-state index contributed by atoms with van der Waals surface area (Å²) < 4.78 is 1.99. The Bertz CT molecular complexity index is 740. The maximum atomic E-state index is 4.32. The van der Waals surface area contributed by atoms with Gasteiger partial charge in [0, 0.05) is 12.4 Å². The minimum Gasteiger partial charge on any atom is -0.334 e. The number of fused-ring (bicyclic) bond motifs is 1. The third-order valence-corrected chi connectivity index (χ3v) is 3.61. The molecule has 0 aliphatic carbocycles. The van der Waals surface area contributed by atoms with Gasteiger partial charge < -0.3 is 4.57 Å². The Hall–Kier alpha value is -2.21. The number of rotatable bonds is 3. The molecule has 0 spiro atoms. The van der Waals surface area contributed by atoms with E-state index in [-0.39, 0.29) is 0 Å². The van der Waals surface area contributed by atoms with Crippen molar-refractivity contribution in [2.45, 2.75) is 6.92 Å². The highest BCUT2D eigenvalue weighted by atomic mass is 32.1. The summed E-state index contributed by atoms with van der Waals surface area (Å²) in [6.45, 7) is 1.96. The van der Waals surface area contributed by atoms with Crippen molar-refractivity contribution in [3.8, 4) is 0 Å². The van der Waals surface area contributed by atoms with Crippen LogP contribution in [0.3, 0.4) is 0 Å². The molecule has 0 aliphatic heterocycles. The molecule has 0 unspecified atom stereocenters. The highest BCUT2D eigenvalue weighted by Crippen LogP contribution is 2.15. The first-order chi connectivity index (χ1) is 9.22. The van der Waals surface area contributed by atoms with Gasteiger partial charge in [0.25, 0.3) is 0 Å². The Morgan fingerprint density at radius 1 is 1.42 bits per heavy atom. The largest absolute Gasteiger partial charge is 0.334 e. The van der Waals surface area contributed by atoms with Crippen molar-refractivity contribution in [3.05, 3.63) is 41.2 Å². The molecule has 1 aromatic carbocycles. The van der Waals surface area contributed by atoms with Crippen LogP contribution >= 0.6 is 11.3 Å². The van der Waals surface area contributed by atoms with Gasteiger partial charge in [-0.15, -0.1) is 11.3 Å². The van der Waals surface area contributed by atoms with Crippen molar-refractivity contribution in [2.75, 3.05) is 5.43 Å². The number of nitrogens with one attached hydrogen (secondary N) is 1. The number of benzene rings is 1. The van der Waals surface area contributed by atoms with E-state index in [2.05, 4.69) is 20.5 Å². The monoisotopic (exact) mass is 271 g/mol. The lowest BCUT2D eigenvalue weighted by Gasteiger charge is -1.96. The molecule has 19 heavy (non-hydrogen) atoms. The summed E-state index contributed by atoms with van der Waals surface area (Å²) in [5.74, 6) is 0. The van der Waals surface area contributed by atoms with Gasteiger partial charge in [0.2, 0.25) is 5.13 Å². The molecule has 0 radical (unpaired) electrons. The summed E-state index contributed by atoms with van der Waals surface area (Å²) in [6, 6.07) is 6.06. The van der Waals surface area contributed by atoms with Gasteiger partial charge >= 0.3 is 0 Å². The van der Waals surface area contributed by atoms with Crippen molar-refractivity contribution in [3.63, 3.8) is 0 Å². The van der Waals surface area contributed by atoms with Gasteiger partial charge in [-0.1, -0.05) is 6.07 Å². The van der Waals surface area contributed by atoms with Gasteiger partial charge in [0.1, 0.15) is 0 Å². The smallest absolute Gasteiger partial charge is 0.203 e. The summed E-state index contributed by atoms with van der Waals surface area (Å²) in [6.07, 6.45) is 3.58. The quantitative estimate of drug-likeness (QED) is 0.588. The lowest BCUT2D eigenvalue weighted by atomic mass is 10.2.